The molecule has 0 radical (unpaired) electrons. The van der Waals surface area contributed by atoms with Crippen LogP contribution in [0.3, 0.4) is 0 Å². The lowest BCUT2D eigenvalue weighted by atomic mass is 10.1. The van der Waals surface area contributed by atoms with Crippen molar-refractivity contribution >= 4 is 11.6 Å². The van der Waals surface area contributed by atoms with E-state index >= 15 is 0 Å². The van der Waals surface area contributed by atoms with Crippen molar-refractivity contribution in [3.63, 3.8) is 0 Å². The molecule has 0 saturated carbocycles. The fraction of sp³-hybridized carbons (Fsp3) is 0.500. The van der Waals surface area contributed by atoms with Gasteiger partial charge in [0.2, 0.25) is 0 Å². The summed E-state index contributed by atoms with van der Waals surface area (Å²) >= 11 is 5.98. The van der Waals surface area contributed by atoms with Crippen LogP contribution >= 0.6 is 11.6 Å². The Morgan fingerprint density at radius 2 is 2.00 bits per heavy atom. The second kappa shape index (κ2) is 6.83. The number of benzene rings is 1. The maximum absolute atomic E-state index is 5.98. The summed E-state index contributed by atoms with van der Waals surface area (Å²) in [6.45, 7) is 4.30. The predicted octanol–water partition coefficient (Wildman–Crippen LogP) is 2.34. The summed E-state index contributed by atoms with van der Waals surface area (Å²) in [5.74, 6) is 0. The van der Waals surface area contributed by atoms with Crippen LogP contribution in [0.4, 0.5) is 0 Å². The van der Waals surface area contributed by atoms with Crippen LogP contribution in [0, 0.1) is 6.92 Å². The van der Waals surface area contributed by atoms with Gasteiger partial charge in [-0.25, -0.2) is 0 Å². The van der Waals surface area contributed by atoms with E-state index in [1.165, 1.54) is 11.1 Å². The summed E-state index contributed by atoms with van der Waals surface area (Å²) in [6, 6.07) is 8.48. The fourth-order valence-electron chi connectivity index (χ4n) is 1.32. The third-order valence-corrected chi connectivity index (χ3v) is 2.44. The first-order valence-electron chi connectivity index (χ1n) is 5.11. The summed E-state index contributed by atoms with van der Waals surface area (Å²) in [5.41, 5.74) is 2.57. The molecule has 1 N–H and O–H groups in total. The van der Waals surface area contributed by atoms with Crippen LogP contribution < -0.4 is 5.32 Å². The Morgan fingerprint density at radius 1 is 1.33 bits per heavy atom. The number of methoxy groups -OCH3 is 1. The number of nitrogens with one attached hydrogen (secondary N) is 1. The van der Waals surface area contributed by atoms with Crippen LogP contribution in [0.25, 0.3) is 0 Å². The first-order valence-corrected chi connectivity index (χ1v) is 5.55. The lowest BCUT2D eigenvalue weighted by Gasteiger charge is -2.09. The van der Waals surface area contributed by atoms with Crippen LogP contribution in [-0.4, -0.2) is 25.6 Å². The van der Waals surface area contributed by atoms with Gasteiger partial charge >= 0.3 is 0 Å². The SMILES string of the molecule is COCC(Cl)CNCc1ccc(C)cc1. The number of ether oxygens (including phenoxy) is 1. The van der Waals surface area contributed by atoms with Crippen LogP contribution in [-0.2, 0) is 11.3 Å². The maximum Gasteiger partial charge on any atom is 0.0694 e. The van der Waals surface area contributed by atoms with Gasteiger partial charge in [0, 0.05) is 20.2 Å². The van der Waals surface area contributed by atoms with Crippen LogP contribution in [0.5, 0.6) is 0 Å². The minimum atomic E-state index is 0.0421. The summed E-state index contributed by atoms with van der Waals surface area (Å²) in [6.07, 6.45) is 0. The molecule has 0 aliphatic rings. The van der Waals surface area contributed by atoms with Crippen molar-refractivity contribution in [3.8, 4) is 0 Å². The zero-order valence-electron chi connectivity index (χ0n) is 9.29. The molecule has 1 aromatic rings. The number of hydrogen-bond donors (Lipinski definition) is 1. The molecule has 3 heteroatoms. The number of aryl methyl sites for hydroxylation is 1. The van der Waals surface area contributed by atoms with Crippen molar-refractivity contribution in [2.75, 3.05) is 20.3 Å². The first kappa shape index (κ1) is 12.5. The highest BCUT2D eigenvalue weighted by Gasteiger charge is 2.02. The molecule has 0 amide bonds. The Morgan fingerprint density at radius 3 is 2.60 bits per heavy atom. The van der Waals surface area contributed by atoms with E-state index in [1.807, 2.05) is 0 Å². The molecule has 0 aliphatic heterocycles. The van der Waals surface area contributed by atoms with E-state index in [2.05, 4.69) is 36.5 Å². The Hall–Kier alpha value is -0.570. The molecule has 2 nitrogen and oxygen atoms in total. The molecule has 1 unspecified atom stereocenters. The van der Waals surface area contributed by atoms with E-state index in [0.717, 1.165) is 13.1 Å². The number of hydrogen-bond acceptors (Lipinski definition) is 2. The highest BCUT2D eigenvalue weighted by Crippen LogP contribution is 2.02. The molecule has 0 spiro atoms. The summed E-state index contributed by atoms with van der Waals surface area (Å²) in [5, 5.41) is 3.34. The summed E-state index contributed by atoms with van der Waals surface area (Å²) < 4.78 is 4.95. The van der Waals surface area contributed by atoms with E-state index in [4.69, 9.17) is 16.3 Å². The highest BCUT2D eigenvalue weighted by atomic mass is 35.5. The van der Waals surface area contributed by atoms with E-state index in [1.54, 1.807) is 7.11 Å². The van der Waals surface area contributed by atoms with E-state index in [0.29, 0.717) is 6.61 Å². The Kier molecular flexibility index (Phi) is 5.69. The van der Waals surface area contributed by atoms with Crippen LogP contribution in [0.15, 0.2) is 24.3 Å². The van der Waals surface area contributed by atoms with Crippen LogP contribution in [0.2, 0.25) is 0 Å². The predicted molar refractivity (Wildman–Crippen MR) is 64.4 cm³/mol. The van der Waals surface area contributed by atoms with Gasteiger partial charge in [0.05, 0.1) is 12.0 Å². The monoisotopic (exact) mass is 227 g/mol. The molecule has 1 rings (SSSR count). The lowest BCUT2D eigenvalue weighted by Crippen LogP contribution is -2.25. The third-order valence-electron chi connectivity index (χ3n) is 2.16. The minimum absolute atomic E-state index is 0.0421. The molecule has 0 bridgehead atoms. The van der Waals surface area contributed by atoms with Crippen molar-refractivity contribution < 1.29 is 4.74 Å². The maximum atomic E-state index is 5.98. The smallest absolute Gasteiger partial charge is 0.0694 e. The summed E-state index contributed by atoms with van der Waals surface area (Å²) in [7, 11) is 1.66. The normalized spacial score (nSPS) is 12.7. The average Bonchev–Trinajstić information content (AvgIpc) is 2.21. The van der Waals surface area contributed by atoms with E-state index < -0.39 is 0 Å². The topological polar surface area (TPSA) is 21.3 Å². The standard InChI is InChI=1S/C12H18ClNO/c1-10-3-5-11(6-4-10)7-14-8-12(13)9-15-2/h3-6,12,14H,7-9H2,1-2H3. The average molecular weight is 228 g/mol. The molecule has 0 saturated heterocycles. The highest BCUT2D eigenvalue weighted by molar-refractivity contribution is 6.20. The van der Waals surface area contributed by atoms with Gasteiger partial charge in [-0.3, -0.25) is 0 Å². The Bertz CT molecular complexity index is 273. The van der Waals surface area contributed by atoms with Gasteiger partial charge in [-0.15, -0.1) is 11.6 Å². The van der Waals surface area contributed by atoms with Crippen LogP contribution in [0.1, 0.15) is 11.1 Å². The zero-order chi connectivity index (χ0) is 11.1. The molecule has 1 atom stereocenters. The third kappa shape index (κ3) is 5.17. The largest absolute Gasteiger partial charge is 0.383 e. The molecular weight excluding hydrogens is 210 g/mol. The van der Waals surface area contributed by atoms with Gasteiger partial charge in [0.1, 0.15) is 0 Å². The van der Waals surface area contributed by atoms with Crippen molar-refractivity contribution in [2.24, 2.45) is 0 Å². The Balaban J connectivity index is 2.22. The molecule has 0 heterocycles. The van der Waals surface area contributed by atoms with Gasteiger partial charge in [-0.05, 0) is 12.5 Å². The molecule has 15 heavy (non-hydrogen) atoms. The second-order valence-electron chi connectivity index (χ2n) is 3.67. The number of halogens is 1. The summed E-state index contributed by atoms with van der Waals surface area (Å²) in [4.78, 5) is 0. The molecular formula is C12H18ClNO. The van der Waals surface area contributed by atoms with Crippen molar-refractivity contribution in [1.82, 2.24) is 5.32 Å². The number of alkyl halides is 1. The van der Waals surface area contributed by atoms with Crippen molar-refractivity contribution in [3.05, 3.63) is 35.4 Å². The van der Waals surface area contributed by atoms with Gasteiger partial charge in [-0.2, -0.15) is 0 Å². The molecule has 0 fully saturated rings. The van der Waals surface area contributed by atoms with Gasteiger partial charge in [0.15, 0.2) is 0 Å². The molecule has 0 aromatic heterocycles. The zero-order valence-corrected chi connectivity index (χ0v) is 10.1. The van der Waals surface area contributed by atoms with Crippen molar-refractivity contribution in [2.45, 2.75) is 18.8 Å². The van der Waals surface area contributed by atoms with Gasteiger partial charge < -0.3 is 10.1 Å². The van der Waals surface area contributed by atoms with E-state index in [-0.39, 0.29) is 5.38 Å². The van der Waals surface area contributed by atoms with E-state index in [9.17, 15) is 0 Å². The molecule has 84 valence electrons. The minimum Gasteiger partial charge on any atom is -0.383 e. The Labute approximate surface area is 96.6 Å². The second-order valence-corrected chi connectivity index (χ2v) is 4.29. The molecule has 1 aromatic carbocycles. The fourth-order valence-corrected chi connectivity index (χ4v) is 1.55. The van der Waals surface area contributed by atoms with Gasteiger partial charge in [-0.1, -0.05) is 29.8 Å². The molecule has 0 aliphatic carbocycles. The van der Waals surface area contributed by atoms with Crippen molar-refractivity contribution in [1.29, 1.82) is 0 Å². The van der Waals surface area contributed by atoms with Gasteiger partial charge in [0.25, 0.3) is 0 Å². The quantitative estimate of drug-likeness (QED) is 0.754. The first-order chi connectivity index (χ1) is 7.22. The lowest BCUT2D eigenvalue weighted by molar-refractivity contribution is 0.197. The number of rotatable bonds is 6.